The zero-order valence-corrected chi connectivity index (χ0v) is 9.45. The third kappa shape index (κ3) is 2.30. The molecule has 1 atom stereocenters. The fraction of sp³-hybridized carbons (Fsp3) is 0.455. The van der Waals surface area contributed by atoms with Crippen molar-refractivity contribution in [3.63, 3.8) is 0 Å². The summed E-state index contributed by atoms with van der Waals surface area (Å²) in [6, 6.07) is 2.27. The molecular weight excluding hydrogens is 202 g/mol. The predicted octanol–water partition coefficient (Wildman–Crippen LogP) is 0.842. The number of hydrogen-bond donors (Lipinski definition) is 1. The van der Waals surface area contributed by atoms with Crippen molar-refractivity contribution in [2.45, 2.75) is 25.9 Å². The maximum atomic E-state index is 5.57. The van der Waals surface area contributed by atoms with Crippen molar-refractivity contribution in [2.24, 2.45) is 5.73 Å². The van der Waals surface area contributed by atoms with Crippen molar-refractivity contribution in [3.05, 3.63) is 36.7 Å². The van der Waals surface area contributed by atoms with Gasteiger partial charge < -0.3 is 10.3 Å². The molecule has 0 bridgehead atoms. The van der Waals surface area contributed by atoms with Crippen LogP contribution in [-0.4, -0.2) is 25.9 Å². The van der Waals surface area contributed by atoms with E-state index in [1.807, 2.05) is 29.5 Å². The van der Waals surface area contributed by atoms with Crippen LogP contribution in [0.25, 0.3) is 0 Å². The van der Waals surface area contributed by atoms with E-state index in [0.29, 0.717) is 12.6 Å². The van der Waals surface area contributed by atoms with Gasteiger partial charge >= 0.3 is 0 Å². The van der Waals surface area contributed by atoms with Gasteiger partial charge in [0.2, 0.25) is 0 Å². The van der Waals surface area contributed by atoms with E-state index >= 15 is 0 Å². The quantitative estimate of drug-likeness (QED) is 0.810. The summed E-state index contributed by atoms with van der Waals surface area (Å²) in [4.78, 5) is 4.17. The van der Waals surface area contributed by atoms with Gasteiger partial charge in [-0.2, -0.15) is 5.10 Å². The summed E-state index contributed by atoms with van der Waals surface area (Å²) in [6.45, 7) is 3.66. The van der Waals surface area contributed by atoms with Gasteiger partial charge in [0, 0.05) is 30.7 Å². The molecule has 0 amide bonds. The van der Waals surface area contributed by atoms with Crippen molar-refractivity contribution in [3.8, 4) is 0 Å². The van der Waals surface area contributed by atoms with Crippen molar-refractivity contribution in [1.29, 1.82) is 0 Å². The summed E-state index contributed by atoms with van der Waals surface area (Å²) in [5, 5.41) is 4.20. The van der Waals surface area contributed by atoms with Crippen LogP contribution in [0.2, 0.25) is 0 Å². The Bertz CT molecular complexity index is 417. The van der Waals surface area contributed by atoms with Gasteiger partial charge in [-0.25, -0.2) is 4.98 Å². The first-order chi connectivity index (χ1) is 7.81. The molecule has 0 aliphatic carbocycles. The second kappa shape index (κ2) is 4.94. The lowest BCUT2D eigenvalue weighted by atomic mass is 10.2. The molecule has 0 aliphatic heterocycles. The largest absolute Gasteiger partial charge is 0.330 e. The number of nitrogens with zero attached hydrogens (tertiary/aromatic N) is 4. The lowest BCUT2D eigenvalue weighted by Crippen LogP contribution is -2.16. The Labute approximate surface area is 94.9 Å². The van der Waals surface area contributed by atoms with Crippen LogP contribution in [-0.2, 0) is 13.0 Å². The second-order valence-electron chi connectivity index (χ2n) is 3.91. The molecule has 2 rings (SSSR count). The normalized spacial score (nSPS) is 12.9. The van der Waals surface area contributed by atoms with Gasteiger partial charge in [-0.1, -0.05) is 0 Å². The highest BCUT2D eigenvalue weighted by molar-refractivity contribution is 5.00. The maximum Gasteiger partial charge on any atom is 0.0951 e. The van der Waals surface area contributed by atoms with Gasteiger partial charge in [-0.3, -0.25) is 4.68 Å². The van der Waals surface area contributed by atoms with Crippen LogP contribution in [0, 0.1) is 0 Å². The average Bonchev–Trinajstić information content (AvgIpc) is 2.89. The fourth-order valence-corrected chi connectivity index (χ4v) is 1.84. The first-order valence-corrected chi connectivity index (χ1v) is 5.49. The molecule has 0 aliphatic rings. The minimum absolute atomic E-state index is 0.337. The summed E-state index contributed by atoms with van der Waals surface area (Å²) in [5.41, 5.74) is 6.75. The van der Waals surface area contributed by atoms with E-state index in [4.69, 9.17) is 5.73 Å². The molecule has 0 spiro atoms. The van der Waals surface area contributed by atoms with Crippen LogP contribution in [0.5, 0.6) is 0 Å². The minimum Gasteiger partial charge on any atom is -0.330 e. The number of aromatic nitrogens is 4. The summed E-state index contributed by atoms with van der Waals surface area (Å²) in [7, 11) is 0. The van der Waals surface area contributed by atoms with Crippen LogP contribution < -0.4 is 5.73 Å². The summed E-state index contributed by atoms with van der Waals surface area (Å²) >= 11 is 0. The first-order valence-electron chi connectivity index (χ1n) is 5.49. The lowest BCUT2D eigenvalue weighted by molar-refractivity contribution is 0.427. The van der Waals surface area contributed by atoms with Crippen molar-refractivity contribution < 1.29 is 0 Å². The predicted molar refractivity (Wildman–Crippen MR) is 61.9 cm³/mol. The molecule has 2 aromatic heterocycles. The molecule has 5 heteroatoms. The van der Waals surface area contributed by atoms with Gasteiger partial charge in [-0.15, -0.1) is 0 Å². The van der Waals surface area contributed by atoms with Crippen LogP contribution in [0.1, 0.15) is 18.7 Å². The first kappa shape index (κ1) is 10.9. The Morgan fingerprint density at radius 3 is 3.06 bits per heavy atom. The molecule has 5 nitrogen and oxygen atoms in total. The van der Waals surface area contributed by atoms with Crippen LogP contribution in [0.3, 0.4) is 0 Å². The van der Waals surface area contributed by atoms with E-state index < -0.39 is 0 Å². The SMILES string of the molecule is CC(Cn1cccn1)n1cncc1CCN. The van der Waals surface area contributed by atoms with Crippen LogP contribution in [0.4, 0.5) is 0 Å². The Kier molecular flexibility index (Phi) is 3.36. The Hall–Kier alpha value is -1.62. The standard InChI is InChI=1S/C11H17N5/c1-10(8-15-6-2-5-14-15)16-9-13-7-11(16)3-4-12/h2,5-7,9-10H,3-4,8,12H2,1H3. The summed E-state index contributed by atoms with van der Waals surface area (Å²) in [6.07, 6.45) is 8.37. The smallest absolute Gasteiger partial charge is 0.0951 e. The van der Waals surface area contributed by atoms with Gasteiger partial charge in [0.1, 0.15) is 0 Å². The lowest BCUT2D eigenvalue weighted by Gasteiger charge is -2.16. The highest BCUT2D eigenvalue weighted by Gasteiger charge is 2.09. The molecule has 2 aromatic rings. The molecule has 0 saturated heterocycles. The van der Waals surface area contributed by atoms with Crippen molar-refractivity contribution >= 4 is 0 Å². The van der Waals surface area contributed by atoms with Crippen LogP contribution in [0.15, 0.2) is 31.0 Å². The van der Waals surface area contributed by atoms with E-state index in [1.54, 1.807) is 6.20 Å². The topological polar surface area (TPSA) is 61.7 Å². The minimum atomic E-state index is 0.337. The van der Waals surface area contributed by atoms with E-state index in [2.05, 4.69) is 21.6 Å². The molecule has 2 heterocycles. The molecule has 16 heavy (non-hydrogen) atoms. The van der Waals surface area contributed by atoms with E-state index in [-0.39, 0.29) is 0 Å². The van der Waals surface area contributed by atoms with E-state index in [1.165, 1.54) is 5.69 Å². The monoisotopic (exact) mass is 219 g/mol. The number of imidazole rings is 1. The van der Waals surface area contributed by atoms with Gasteiger partial charge in [-0.05, 0) is 19.5 Å². The second-order valence-corrected chi connectivity index (χ2v) is 3.91. The average molecular weight is 219 g/mol. The number of nitrogens with two attached hydrogens (primary N) is 1. The Morgan fingerprint density at radius 1 is 1.50 bits per heavy atom. The molecule has 0 saturated carbocycles. The van der Waals surface area contributed by atoms with Gasteiger partial charge in [0.05, 0.1) is 18.9 Å². The third-order valence-electron chi connectivity index (χ3n) is 2.63. The molecule has 86 valence electrons. The van der Waals surface area contributed by atoms with E-state index in [9.17, 15) is 0 Å². The molecule has 0 fully saturated rings. The van der Waals surface area contributed by atoms with Crippen molar-refractivity contribution in [1.82, 2.24) is 19.3 Å². The third-order valence-corrected chi connectivity index (χ3v) is 2.63. The zero-order valence-electron chi connectivity index (χ0n) is 9.45. The van der Waals surface area contributed by atoms with Gasteiger partial charge in [0.15, 0.2) is 0 Å². The van der Waals surface area contributed by atoms with Gasteiger partial charge in [0.25, 0.3) is 0 Å². The Balaban J connectivity index is 2.08. The fourth-order valence-electron chi connectivity index (χ4n) is 1.84. The zero-order chi connectivity index (χ0) is 11.4. The number of rotatable bonds is 5. The highest BCUT2D eigenvalue weighted by atomic mass is 15.3. The molecule has 1 unspecified atom stereocenters. The van der Waals surface area contributed by atoms with Crippen LogP contribution >= 0.6 is 0 Å². The van der Waals surface area contributed by atoms with E-state index in [0.717, 1.165) is 13.0 Å². The summed E-state index contributed by atoms with van der Waals surface area (Å²) < 4.78 is 4.09. The molecule has 0 radical (unpaired) electrons. The molecule has 0 aromatic carbocycles. The summed E-state index contributed by atoms with van der Waals surface area (Å²) in [5.74, 6) is 0. The highest BCUT2D eigenvalue weighted by Crippen LogP contribution is 2.12. The maximum absolute atomic E-state index is 5.57. The number of hydrogen-bond acceptors (Lipinski definition) is 3. The molecular formula is C11H17N5. The Morgan fingerprint density at radius 2 is 2.38 bits per heavy atom. The molecule has 2 N–H and O–H groups in total. The van der Waals surface area contributed by atoms with Crippen molar-refractivity contribution in [2.75, 3.05) is 6.54 Å².